The molecule has 0 heterocycles. The molecule has 0 saturated carbocycles. The fourth-order valence-corrected chi connectivity index (χ4v) is 0.528. The second-order valence-corrected chi connectivity index (χ2v) is 2.30. The minimum Gasteiger partial charge on any atom is -0.402 e. The summed E-state index contributed by atoms with van der Waals surface area (Å²) in [7, 11) is 1.79. The standard InChI is InChI=1S/C6H12N2S/c1-4(5(2)7)6(9)8-3/h7H2,1-3H3,(H,8,9). The molecule has 0 aliphatic heterocycles. The summed E-state index contributed by atoms with van der Waals surface area (Å²) in [6, 6.07) is 0. The van der Waals surface area contributed by atoms with E-state index in [0.717, 1.165) is 16.3 Å². The molecule has 0 saturated heterocycles. The van der Waals surface area contributed by atoms with Crippen molar-refractivity contribution in [2.75, 3.05) is 7.05 Å². The van der Waals surface area contributed by atoms with Gasteiger partial charge in [0.15, 0.2) is 0 Å². The number of allylic oxidation sites excluding steroid dienone is 1. The minimum absolute atomic E-state index is 0.718. The first-order valence-electron chi connectivity index (χ1n) is 2.74. The van der Waals surface area contributed by atoms with Crippen LogP contribution in [-0.2, 0) is 0 Å². The van der Waals surface area contributed by atoms with Crippen molar-refractivity contribution in [1.29, 1.82) is 0 Å². The van der Waals surface area contributed by atoms with E-state index in [1.807, 2.05) is 13.8 Å². The van der Waals surface area contributed by atoms with Gasteiger partial charge in [0.05, 0.1) is 0 Å². The van der Waals surface area contributed by atoms with Gasteiger partial charge in [-0.15, -0.1) is 0 Å². The van der Waals surface area contributed by atoms with Crippen LogP contribution in [0.4, 0.5) is 0 Å². The summed E-state index contributed by atoms with van der Waals surface area (Å²) >= 11 is 4.91. The lowest BCUT2D eigenvalue weighted by molar-refractivity contribution is 1.16. The normalized spacial score (nSPS) is 12.3. The van der Waals surface area contributed by atoms with E-state index in [1.165, 1.54) is 0 Å². The van der Waals surface area contributed by atoms with Crippen molar-refractivity contribution in [2.24, 2.45) is 5.73 Å². The third-order valence-electron chi connectivity index (χ3n) is 1.16. The van der Waals surface area contributed by atoms with Gasteiger partial charge < -0.3 is 11.1 Å². The predicted octanol–water partition coefficient (Wildman–Crippen LogP) is 0.786. The number of thiocarbonyl (C=S) groups is 1. The molecule has 0 rings (SSSR count). The van der Waals surface area contributed by atoms with Gasteiger partial charge >= 0.3 is 0 Å². The van der Waals surface area contributed by atoms with Gasteiger partial charge in [0, 0.05) is 18.3 Å². The van der Waals surface area contributed by atoms with Gasteiger partial charge in [-0.25, -0.2) is 0 Å². The molecule has 0 aliphatic rings. The predicted molar refractivity (Wildman–Crippen MR) is 44.2 cm³/mol. The highest BCUT2D eigenvalue weighted by Crippen LogP contribution is 1.96. The maximum atomic E-state index is 5.46. The highest BCUT2D eigenvalue weighted by molar-refractivity contribution is 7.80. The van der Waals surface area contributed by atoms with Crippen LogP contribution < -0.4 is 11.1 Å². The van der Waals surface area contributed by atoms with Crippen LogP contribution in [-0.4, -0.2) is 12.0 Å². The second-order valence-electron chi connectivity index (χ2n) is 1.89. The second kappa shape index (κ2) is 3.45. The molecular formula is C6H12N2S. The van der Waals surface area contributed by atoms with Gasteiger partial charge in [-0.05, 0) is 13.8 Å². The molecule has 3 N–H and O–H groups in total. The van der Waals surface area contributed by atoms with Crippen LogP contribution in [0.2, 0.25) is 0 Å². The van der Waals surface area contributed by atoms with Gasteiger partial charge in [0.1, 0.15) is 4.99 Å². The zero-order valence-corrected chi connectivity index (χ0v) is 6.80. The lowest BCUT2D eigenvalue weighted by Gasteiger charge is -2.03. The summed E-state index contributed by atoms with van der Waals surface area (Å²) < 4.78 is 0. The van der Waals surface area contributed by atoms with Crippen molar-refractivity contribution in [1.82, 2.24) is 5.32 Å². The summed E-state index contributed by atoms with van der Waals surface area (Å²) in [6.45, 7) is 3.73. The highest BCUT2D eigenvalue weighted by atomic mass is 32.1. The molecule has 0 aromatic rings. The van der Waals surface area contributed by atoms with Crippen molar-refractivity contribution >= 4 is 17.2 Å². The zero-order chi connectivity index (χ0) is 7.44. The van der Waals surface area contributed by atoms with E-state index in [0.29, 0.717) is 0 Å². The van der Waals surface area contributed by atoms with E-state index in [2.05, 4.69) is 5.32 Å². The average molecular weight is 144 g/mol. The van der Waals surface area contributed by atoms with E-state index >= 15 is 0 Å². The Morgan fingerprint density at radius 1 is 1.44 bits per heavy atom. The molecule has 0 amide bonds. The molecule has 0 radical (unpaired) electrons. The maximum absolute atomic E-state index is 5.46. The SMILES string of the molecule is CNC(=S)C(C)=C(C)N. The van der Waals surface area contributed by atoms with Gasteiger partial charge in [-0.2, -0.15) is 0 Å². The Morgan fingerprint density at radius 3 is 2.00 bits per heavy atom. The summed E-state index contributed by atoms with van der Waals surface area (Å²) in [6.07, 6.45) is 0. The first kappa shape index (κ1) is 8.43. The van der Waals surface area contributed by atoms with Crippen LogP contribution in [0.3, 0.4) is 0 Å². The van der Waals surface area contributed by atoms with Crippen molar-refractivity contribution < 1.29 is 0 Å². The van der Waals surface area contributed by atoms with Gasteiger partial charge in [-0.3, -0.25) is 0 Å². The van der Waals surface area contributed by atoms with E-state index in [9.17, 15) is 0 Å². The van der Waals surface area contributed by atoms with Crippen LogP contribution in [0, 0.1) is 0 Å². The number of nitrogens with two attached hydrogens (primary N) is 1. The maximum Gasteiger partial charge on any atom is 0.103 e. The van der Waals surface area contributed by atoms with Crippen molar-refractivity contribution in [3.8, 4) is 0 Å². The van der Waals surface area contributed by atoms with E-state index in [-0.39, 0.29) is 0 Å². The molecule has 2 nitrogen and oxygen atoms in total. The lowest BCUT2D eigenvalue weighted by Crippen LogP contribution is -2.18. The van der Waals surface area contributed by atoms with Gasteiger partial charge in [-0.1, -0.05) is 12.2 Å². The smallest absolute Gasteiger partial charge is 0.103 e. The van der Waals surface area contributed by atoms with E-state index < -0.39 is 0 Å². The first-order valence-corrected chi connectivity index (χ1v) is 3.15. The van der Waals surface area contributed by atoms with Crippen molar-refractivity contribution in [3.05, 3.63) is 11.3 Å². The first-order chi connectivity index (χ1) is 4.09. The molecular weight excluding hydrogens is 132 g/mol. The molecule has 3 heteroatoms. The Kier molecular flexibility index (Phi) is 3.24. The van der Waals surface area contributed by atoms with Gasteiger partial charge in [0.25, 0.3) is 0 Å². The van der Waals surface area contributed by atoms with Crippen molar-refractivity contribution in [3.63, 3.8) is 0 Å². The van der Waals surface area contributed by atoms with E-state index in [4.69, 9.17) is 18.0 Å². The summed E-state index contributed by atoms with van der Waals surface area (Å²) in [5.74, 6) is 0. The largest absolute Gasteiger partial charge is 0.402 e. The molecule has 0 spiro atoms. The summed E-state index contributed by atoms with van der Waals surface area (Å²) in [4.78, 5) is 0.718. The van der Waals surface area contributed by atoms with Gasteiger partial charge in [0.2, 0.25) is 0 Å². The number of hydrogen-bond acceptors (Lipinski definition) is 2. The third-order valence-corrected chi connectivity index (χ3v) is 1.67. The fourth-order valence-electron chi connectivity index (χ4n) is 0.367. The Labute approximate surface area is 61.1 Å². The molecule has 0 aromatic heterocycles. The topological polar surface area (TPSA) is 38.0 Å². The molecule has 0 unspecified atom stereocenters. The Hall–Kier alpha value is -0.570. The molecule has 9 heavy (non-hydrogen) atoms. The molecule has 0 fully saturated rings. The Balaban J connectivity index is 4.21. The van der Waals surface area contributed by atoms with Crippen LogP contribution in [0.1, 0.15) is 13.8 Å². The Bertz CT molecular complexity index is 145. The minimum atomic E-state index is 0.718. The summed E-state index contributed by atoms with van der Waals surface area (Å²) in [5.41, 5.74) is 7.19. The molecule has 0 aromatic carbocycles. The number of rotatable bonds is 1. The molecule has 52 valence electrons. The monoisotopic (exact) mass is 144 g/mol. The Morgan fingerprint density at radius 2 is 1.89 bits per heavy atom. The van der Waals surface area contributed by atoms with E-state index in [1.54, 1.807) is 7.05 Å². The fraction of sp³-hybridized carbons (Fsp3) is 0.500. The number of likely N-dealkylation sites (N-methyl/N-ethyl adjacent to an activating group) is 1. The van der Waals surface area contributed by atoms with Crippen LogP contribution in [0.25, 0.3) is 0 Å². The molecule has 0 bridgehead atoms. The lowest BCUT2D eigenvalue weighted by atomic mass is 10.2. The molecule has 0 aliphatic carbocycles. The van der Waals surface area contributed by atoms with Crippen molar-refractivity contribution in [2.45, 2.75) is 13.8 Å². The van der Waals surface area contributed by atoms with Crippen LogP contribution in [0.15, 0.2) is 11.3 Å². The highest BCUT2D eigenvalue weighted by Gasteiger charge is 1.96. The zero-order valence-electron chi connectivity index (χ0n) is 5.99. The number of hydrogen-bond donors (Lipinski definition) is 2. The summed E-state index contributed by atoms with van der Waals surface area (Å²) in [5, 5.41) is 2.84. The van der Waals surface area contributed by atoms with Crippen LogP contribution >= 0.6 is 12.2 Å². The quantitative estimate of drug-likeness (QED) is 0.422. The number of nitrogens with one attached hydrogen (secondary N) is 1. The molecule has 0 atom stereocenters. The van der Waals surface area contributed by atoms with Crippen LogP contribution in [0.5, 0.6) is 0 Å². The third kappa shape index (κ3) is 2.46. The average Bonchev–Trinajstić information content (AvgIpc) is 1.84.